The van der Waals surface area contributed by atoms with Crippen LogP contribution in [-0.2, 0) is 0 Å². The van der Waals surface area contributed by atoms with Crippen LogP contribution in [0, 0.1) is 0 Å². The Morgan fingerprint density at radius 3 is 2.56 bits per heavy atom. The van der Waals surface area contributed by atoms with E-state index >= 15 is 0 Å². The summed E-state index contributed by atoms with van der Waals surface area (Å²) in [5.74, 6) is -1.89. The zero-order valence-corrected chi connectivity index (χ0v) is 9.28. The van der Waals surface area contributed by atoms with Gasteiger partial charge < -0.3 is 15.0 Å². The molecule has 0 saturated carbocycles. The van der Waals surface area contributed by atoms with Gasteiger partial charge in [-0.05, 0) is 16.8 Å². The molecule has 3 nitrogen and oxygen atoms in total. The average molecular weight is 229 g/mol. The van der Waals surface area contributed by atoms with E-state index in [9.17, 15) is 15.0 Å². The molecule has 0 saturated heterocycles. The number of aromatic hydroxyl groups is 1. The number of phenols is 1. The van der Waals surface area contributed by atoms with Gasteiger partial charge >= 0.3 is 18.9 Å². The van der Waals surface area contributed by atoms with Crippen molar-refractivity contribution >= 4 is 28.3 Å². The maximum atomic E-state index is 10.9. The SMILES string of the molecule is O=C([O-])c1c(O)c(Cl)cc2ccccc12.[Li+]. The quantitative estimate of drug-likeness (QED) is 0.609. The fourth-order valence-corrected chi connectivity index (χ4v) is 1.72. The molecule has 2 aromatic rings. The second-order valence-electron chi connectivity index (χ2n) is 3.09. The third-order valence-electron chi connectivity index (χ3n) is 2.18. The molecular weight excluding hydrogens is 223 g/mol. The van der Waals surface area contributed by atoms with Crippen LogP contribution < -0.4 is 24.0 Å². The summed E-state index contributed by atoms with van der Waals surface area (Å²) in [5.41, 5.74) is -0.266. The third kappa shape index (κ3) is 2.03. The summed E-state index contributed by atoms with van der Waals surface area (Å²) in [6.07, 6.45) is 0. The van der Waals surface area contributed by atoms with Crippen LogP contribution in [-0.4, -0.2) is 11.1 Å². The molecule has 0 heterocycles. The number of carboxylic acid groups (broad SMARTS) is 1. The first-order valence-corrected chi connectivity index (χ1v) is 4.60. The van der Waals surface area contributed by atoms with Gasteiger partial charge in [-0.3, -0.25) is 0 Å². The van der Waals surface area contributed by atoms with Crippen molar-refractivity contribution in [2.24, 2.45) is 0 Å². The van der Waals surface area contributed by atoms with Crippen LogP contribution in [0.3, 0.4) is 0 Å². The van der Waals surface area contributed by atoms with Gasteiger partial charge in [0.15, 0.2) is 0 Å². The number of carbonyl (C=O) groups is 1. The molecule has 0 aliphatic carbocycles. The molecule has 0 atom stereocenters. The van der Waals surface area contributed by atoms with E-state index in [0.29, 0.717) is 10.8 Å². The van der Waals surface area contributed by atoms with Crippen molar-refractivity contribution in [3.05, 3.63) is 40.9 Å². The van der Waals surface area contributed by atoms with Crippen LogP contribution in [0.25, 0.3) is 10.8 Å². The molecule has 2 rings (SSSR count). The van der Waals surface area contributed by atoms with Crippen LogP contribution in [0.5, 0.6) is 5.75 Å². The fourth-order valence-electron chi connectivity index (χ4n) is 1.51. The Hall–Kier alpha value is -1.14. The van der Waals surface area contributed by atoms with Crippen molar-refractivity contribution in [1.29, 1.82) is 0 Å². The van der Waals surface area contributed by atoms with Crippen LogP contribution >= 0.6 is 11.6 Å². The number of benzene rings is 2. The summed E-state index contributed by atoms with van der Waals surface area (Å²) in [5, 5.41) is 21.4. The van der Waals surface area contributed by atoms with E-state index in [1.807, 2.05) is 0 Å². The zero-order valence-electron chi connectivity index (χ0n) is 8.53. The molecule has 16 heavy (non-hydrogen) atoms. The number of carboxylic acids is 1. The first-order chi connectivity index (χ1) is 7.11. The Balaban J connectivity index is 0.00000128. The van der Waals surface area contributed by atoms with Gasteiger partial charge in [-0.25, -0.2) is 0 Å². The summed E-state index contributed by atoms with van der Waals surface area (Å²) in [6.45, 7) is 0. The average Bonchev–Trinajstić information content (AvgIpc) is 2.19. The molecule has 0 aromatic heterocycles. The minimum absolute atomic E-state index is 0. The molecule has 0 fully saturated rings. The Morgan fingerprint density at radius 1 is 1.31 bits per heavy atom. The Labute approximate surface area is 109 Å². The molecule has 0 amide bonds. The standard InChI is InChI=1S/C11H7ClO3.Li/c12-8-5-6-3-1-2-4-7(6)9(10(8)13)11(14)15;/h1-5,13H,(H,14,15);/q;+1/p-1. The van der Waals surface area contributed by atoms with Gasteiger partial charge in [-0.1, -0.05) is 35.9 Å². The van der Waals surface area contributed by atoms with Gasteiger partial charge in [0, 0.05) is 5.56 Å². The number of fused-ring (bicyclic) bond motifs is 1. The number of carbonyl (C=O) groups excluding carboxylic acids is 1. The predicted octanol–water partition coefficient (Wildman–Crippen LogP) is -1.43. The molecular formula is C11H6ClLiO3. The number of hydrogen-bond acceptors (Lipinski definition) is 3. The van der Waals surface area contributed by atoms with Crippen molar-refractivity contribution in [1.82, 2.24) is 0 Å². The second kappa shape index (κ2) is 4.80. The van der Waals surface area contributed by atoms with E-state index in [2.05, 4.69) is 0 Å². The minimum atomic E-state index is -1.44. The van der Waals surface area contributed by atoms with Gasteiger partial charge in [0.25, 0.3) is 0 Å². The van der Waals surface area contributed by atoms with Gasteiger partial charge in [0.05, 0.1) is 11.0 Å². The van der Waals surface area contributed by atoms with Gasteiger partial charge in [0.2, 0.25) is 0 Å². The number of aromatic carboxylic acids is 1. The van der Waals surface area contributed by atoms with Gasteiger partial charge in [-0.2, -0.15) is 0 Å². The fraction of sp³-hybridized carbons (Fsp3) is 0. The van der Waals surface area contributed by atoms with Crippen LogP contribution in [0.1, 0.15) is 10.4 Å². The maximum absolute atomic E-state index is 10.9. The van der Waals surface area contributed by atoms with Crippen molar-refractivity contribution in [2.75, 3.05) is 0 Å². The van der Waals surface area contributed by atoms with Crippen molar-refractivity contribution in [3.63, 3.8) is 0 Å². The van der Waals surface area contributed by atoms with Crippen LogP contribution in [0.2, 0.25) is 5.02 Å². The van der Waals surface area contributed by atoms with E-state index < -0.39 is 11.7 Å². The molecule has 2 aromatic carbocycles. The molecule has 0 aliphatic rings. The molecule has 0 spiro atoms. The summed E-state index contributed by atoms with van der Waals surface area (Å²) < 4.78 is 0. The number of halogens is 1. The molecule has 0 radical (unpaired) electrons. The predicted molar refractivity (Wildman–Crippen MR) is 55.0 cm³/mol. The first-order valence-electron chi connectivity index (χ1n) is 4.23. The molecule has 1 N–H and O–H groups in total. The molecule has 76 valence electrons. The normalized spacial score (nSPS) is 9.81. The number of hydrogen-bond donors (Lipinski definition) is 1. The van der Waals surface area contributed by atoms with E-state index in [0.717, 1.165) is 0 Å². The van der Waals surface area contributed by atoms with Gasteiger partial charge in [-0.15, -0.1) is 0 Å². The molecule has 0 bridgehead atoms. The second-order valence-corrected chi connectivity index (χ2v) is 3.50. The van der Waals surface area contributed by atoms with Crippen LogP contribution in [0.4, 0.5) is 0 Å². The number of rotatable bonds is 1. The minimum Gasteiger partial charge on any atom is -0.545 e. The molecule has 0 aliphatic heterocycles. The summed E-state index contributed by atoms with van der Waals surface area (Å²) >= 11 is 5.70. The van der Waals surface area contributed by atoms with Gasteiger partial charge in [0.1, 0.15) is 5.75 Å². The van der Waals surface area contributed by atoms with Crippen molar-refractivity contribution < 1.29 is 33.9 Å². The summed E-state index contributed by atoms with van der Waals surface area (Å²) in [4.78, 5) is 10.9. The van der Waals surface area contributed by atoms with E-state index in [4.69, 9.17) is 11.6 Å². The van der Waals surface area contributed by atoms with E-state index in [1.54, 1.807) is 24.3 Å². The van der Waals surface area contributed by atoms with E-state index in [1.165, 1.54) is 6.07 Å². The van der Waals surface area contributed by atoms with Crippen LogP contribution in [0.15, 0.2) is 30.3 Å². The molecule has 0 unspecified atom stereocenters. The first kappa shape index (κ1) is 12.9. The Bertz CT molecular complexity index is 554. The van der Waals surface area contributed by atoms with Crippen molar-refractivity contribution in [2.45, 2.75) is 0 Å². The molecule has 5 heteroatoms. The van der Waals surface area contributed by atoms with Crippen molar-refractivity contribution in [3.8, 4) is 5.75 Å². The smallest absolute Gasteiger partial charge is 0.545 e. The zero-order chi connectivity index (χ0) is 11.0. The monoisotopic (exact) mass is 228 g/mol. The van der Waals surface area contributed by atoms with E-state index in [-0.39, 0.29) is 29.4 Å². The Morgan fingerprint density at radius 2 is 1.94 bits per heavy atom. The largest absolute Gasteiger partial charge is 1.00 e. The summed E-state index contributed by atoms with van der Waals surface area (Å²) in [6, 6.07) is 8.26. The Kier molecular flexibility index (Phi) is 3.87. The summed E-state index contributed by atoms with van der Waals surface area (Å²) in [7, 11) is 0. The third-order valence-corrected chi connectivity index (χ3v) is 2.47. The topological polar surface area (TPSA) is 60.4 Å². The maximum Gasteiger partial charge on any atom is 1.00 e.